The molecule has 3 aromatic rings. The molecule has 0 unspecified atom stereocenters. The van der Waals surface area contributed by atoms with E-state index in [-0.39, 0.29) is 0 Å². The van der Waals surface area contributed by atoms with E-state index in [0.29, 0.717) is 18.9 Å². The number of nitrogens with zero attached hydrogens (tertiary/aromatic N) is 2. The first kappa shape index (κ1) is 14.5. The Kier molecular flexibility index (Phi) is 3.73. The quantitative estimate of drug-likeness (QED) is 0.679. The molecule has 1 fully saturated rings. The summed E-state index contributed by atoms with van der Waals surface area (Å²) in [5.41, 5.74) is 4.00. The van der Waals surface area contributed by atoms with Gasteiger partial charge < -0.3 is 9.64 Å². The van der Waals surface area contributed by atoms with Crippen molar-refractivity contribution in [1.29, 1.82) is 0 Å². The number of rotatable bonds is 2. The minimum atomic E-state index is 0.350. The van der Waals surface area contributed by atoms with Gasteiger partial charge in [0.15, 0.2) is 11.7 Å². The predicted octanol–water partition coefficient (Wildman–Crippen LogP) is 3.45. The molecule has 0 saturated carbocycles. The van der Waals surface area contributed by atoms with Gasteiger partial charge in [-0.25, -0.2) is 9.78 Å². The van der Waals surface area contributed by atoms with E-state index in [1.165, 1.54) is 0 Å². The van der Waals surface area contributed by atoms with Gasteiger partial charge in [-0.2, -0.15) is 0 Å². The maximum absolute atomic E-state index is 11.0. The number of benzene rings is 2. The lowest BCUT2D eigenvalue weighted by Crippen LogP contribution is -2.35. The molecule has 0 atom stereocenters. The number of hydrogen-bond acceptors (Lipinski definition) is 4. The third-order valence-electron chi connectivity index (χ3n) is 4.19. The molecule has 1 aromatic heterocycles. The van der Waals surface area contributed by atoms with Crippen LogP contribution in [0.1, 0.15) is 0 Å². The van der Waals surface area contributed by atoms with Crippen molar-refractivity contribution in [1.82, 2.24) is 4.98 Å². The Balaban J connectivity index is 1.88. The number of fused-ring (bicyclic) bond motifs is 1. The SMILES string of the molecule is O=C=C1CN(c2cc(-c3ccccc3)nc3ccccc23)CCO1. The fraction of sp³-hybridized carbons (Fsp3) is 0.150. The molecule has 0 spiro atoms. The average molecular weight is 316 g/mol. The van der Waals surface area contributed by atoms with E-state index in [2.05, 4.69) is 29.2 Å². The third kappa shape index (κ3) is 2.64. The first-order valence-corrected chi connectivity index (χ1v) is 7.92. The molecular formula is C20H16N2O2. The van der Waals surface area contributed by atoms with Gasteiger partial charge in [0.25, 0.3) is 0 Å². The third-order valence-corrected chi connectivity index (χ3v) is 4.19. The van der Waals surface area contributed by atoms with Gasteiger partial charge in [-0.1, -0.05) is 48.5 Å². The van der Waals surface area contributed by atoms with Crippen LogP contribution in [-0.4, -0.2) is 30.6 Å². The second kappa shape index (κ2) is 6.19. The molecule has 0 radical (unpaired) electrons. The molecule has 24 heavy (non-hydrogen) atoms. The molecule has 1 aliphatic rings. The minimum absolute atomic E-state index is 0.350. The van der Waals surface area contributed by atoms with E-state index in [1.54, 1.807) is 0 Å². The lowest BCUT2D eigenvalue weighted by molar-refractivity contribution is 0.195. The molecule has 0 aliphatic carbocycles. The number of carbonyl (C=O) groups excluding carboxylic acids is 1. The molecule has 0 amide bonds. The van der Waals surface area contributed by atoms with Crippen molar-refractivity contribution in [3.8, 4) is 11.3 Å². The van der Waals surface area contributed by atoms with Crippen LogP contribution < -0.4 is 4.90 Å². The molecule has 4 heteroatoms. The number of ether oxygens (including phenoxy) is 1. The molecule has 118 valence electrons. The number of aromatic nitrogens is 1. The van der Waals surface area contributed by atoms with Crippen LogP contribution in [0, 0.1) is 0 Å². The number of para-hydroxylation sites is 1. The highest BCUT2D eigenvalue weighted by Gasteiger charge is 2.19. The van der Waals surface area contributed by atoms with Crippen LogP contribution in [0.2, 0.25) is 0 Å². The first-order valence-electron chi connectivity index (χ1n) is 7.92. The Morgan fingerprint density at radius 2 is 1.83 bits per heavy atom. The second-order valence-corrected chi connectivity index (χ2v) is 5.71. The average Bonchev–Trinajstić information content (AvgIpc) is 2.68. The van der Waals surface area contributed by atoms with Gasteiger partial charge in [0.2, 0.25) is 0 Å². The predicted molar refractivity (Wildman–Crippen MR) is 94.6 cm³/mol. The molecule has 4 rings (SSSR count). The summed E-state index contributed by atoms with van der Waals surface area (Å²) in [5.74, 6) is 2.24. The van der Waals surface area contributed by atoms with Crippen molar-refractivity contribution in [2.75, 3.05) is 24.6 Å². The summed E-state index contributed by atoms with van der Waals surface area (Å²) >= 11 is 0. The zero-order valence-corrected chi connectivity index (χ0v) is 13.1. The maximum atomic E-state index is 11.0. The molecule has 0 bridgehead atoms. The van der Waals surface area contributed by atoms with Gasteiger partial charge in [0.1, 0.15) is 6.61 Å². The van der Waals surface area contributed by atoms with Crippen LogP contribution in [0.4, 0.5) is 5.69 Å². The van der Waals surface area contributed by atoms with Crippen LogP contribution in [0.3, 0.4) is 0 Å². The minimum Gasteiger partial charge on any atom is -0.483 e. The van der Waals surface area contributed by atoms with Gasteiger partial charge in [0, 0.05) is 16.6 Å². The summed E-state index contributed by atoms with van der Waals surface area (Å²) in [4.78, 5) is 17.9. The van der Waals surface area contributed by atoms with Crippen LogP contribution >= 0.6 is 0 Å². The normalized spacial score (nSPS) is 14.3. The fourth-order valence-electron chi connectivity index (χ4n) is 3.02. The Bertz CT molecular complexity index is 931. The maximum Gasteiger partial charge on any atom is 0.199 e. The van der Waals surface area contributed by atoms with Crippen molar-refractivity contribution in [3.63, 3.8) is 0 Å². The van der Waals surface area contributed by atoms with Gasteiger partial charge in [-0.3, -0.25) is 0 Å². The Hall–Kier alpha value is -3.10. The molecule has 2 aromatic carbocycles. The molecule has 0 N–H and O–H groups in total. The van der Waals surface area contributed by atoms with Crippen molar-refractivity contribution < 1.29 is 9.53 Å². The van der Waals surface area contributed by atoms with E-state index >= 15 is 0 Å². The topological polar surface area (TPSA) is 42.4 Å². The zero-order chi connectivity index (χ0) is 16.4. The first-order chi connectivity index (χ1) is 11.8. The molecule has 1 aliphatic heterocycles. The molecule has 2 heterocycles. The van der Waals surface area contributed by atoms with Gasteiger partial charge in [-0.15, -0.1) is 0 Å². The van der Waals surface area contributed by atoms with Crippen molar-refractivity contribution >= 4 is 22.5 Å². The smallest absolute Gasteiger partial charge is 0.199 e. The highest BCUT2D eigenvalue weighted by molar-refractivity contribution is 5.94. The Morgan fingerprint density at radius 1 is 1.04 bits per heavy atom. The van der Waals surface area contributed by atoms with E-state index in [1.807, 2.05) is 42.3 Å². The van der Waals surface area contributed by atoms with Crippen molar-refractivity contribution in [2.45, 2.75) is 0 Å². The van der Waals surface area contributed by atoms with Gasteiger partial charge >= 0.3 is 0 Å². The summed E-state index contributed by atoms with van der Waals surface area (Å²) in [6.45, 7) is 1.65. The van der Waals surface area contributed by atoms with Crippen LogP contribution in [-0.2, 0) is 9.53 Å². The summed E-state index contributed by atoms with van der Waals surface area (Å²) in [6.07, 6.45) is 0. The van der Waals surface area contributed by atoms with Gasteiger partial charge in [-0.05, 0) is 12.1 Å². The summed E-state index contributed by atoms with van der Waals surface area (Å²) < 4.78 is 5.34. The highest BCUT2D eigenvalue weighted by Crippen LogP contribution is 2.32. The monoisotopic (exact) mass is 316 g/mol. The molecular weight excluding hydrogens is 300 g/mol. The standard InChI is InChI=1S/C20H16N2O2/c23-14-16-13-22(10-11-24-16)20-12-19(15-6-2-1-3-7-15)21-18-9-5-4-8-17(18)20/h1-9,12H,10-11,13H2. The number of pyridine rings is 1. The highest BCUT2D eigenvalue weighted by atomic mass is 16.5. The summed E-state index contributed by atoms with van der Waals surface area (Å²) in [5, 5.41) is 1.07. The van der Waals surface area contributed by atoms with Crippen LogP contribution in [0.25, 0.3) is 22.2 Å². The Labute approximate surface area is 140 Å². The summed E-state index contributed by atoms with van der Waals surface area (Å²) in [6, 6.07) is 20.3. The molecule has 1 saturated heterocycles. The zero-order valence-electron chi connectivity index (χ0n) is 13.1. The van der Waals surface area contributed by atoms with Gasteiger partial charge in [0.05, 0.1) is 24.3 Å². The Morgan fingerprint density at radius 3 is 2.67 bits per heavy atom. The number of hydrogen-bond donors (Lipinski definition) is 0. The number of morpholine rings is 1. The molecule has 4 nitrogen and oxygen atoms in total. The fourth-order valence-corrected chi connectivity index (χ4v) is 3.02. The van der Waals surface area contributed by atoms with E-state index in [4.69, 9.17) is 9.72 Å². The summed E-state index contributed by atoms with van der Waals surface area (Å²) in [7, 11) is 0. The van der Waals surface area contributed by atoms with E-state index in [0.717, 1.165) is 34.4 Å². The largest absolute Gasteiger partial charge is 0.483 e. The van der Waals surface area contributed by atoms with Crippen LogP contribution in [0.5, 0.6) is 0 Å². The van der Waals surface area contributed by atoms with Crippen molar-refractivity contribution in [3.05, 3.63) is 66.4 Å². The van der Waals surface area contributed by atoms with E-state index < -0.39 is 0 Å². The second-order valence-electron chi connectivity index (χ2n) is 5.71. The lowest BCUT2D eigenvalue weighted by atomic mass is 10.1. The number of anilines is 1. The van der Waals surface area contributed by atoms with Crippen molar-refractivity contribution in [2.24, 2.45) is 0 Å². The lowest BCUT2D eigenvalue weighted by Gasteiger charge is -2.30. The van der Waals surface area contributed by atoms with E-state index in [9.17, 15) is 4.79 Å². The van der Waals surface area contributed by atoms with Crippen LogP contribution in [0.15, 0.2) is 66.4 Å².